The Morgan fingerprint density at radius 1 is 1.29 bits per heavy atom. The molecule has 0 atom stereocenters. The summed E-state index contributed by atoms with van der Waals surface area (Å²) in [5, 5.41) is 8.98. The molecule has 6 nitrogen and oxygen atoms in total. The third kappa shape index (κ3) is 4.50. The van der Waals surface area contributed by atoms with E-state index in [1.54, 1.807) is 24.5 Å². The Labute approximate surface area is 124 Å². The van der Waals surface area contributed by atoms with Crippen LogP contribution in [0.5, 0.6) is 0 Å². The fourth-order valence-electron chi connectivity index (χ4n) is 2.69. The van der Waals surface area contributed by atoms with Crippen molar-refractivity contribution in [2.75, 3.05) is 12.3 Å². The van der Waals surface area contributed by atoms with Gasteiger partial charge in [0, 0.05) is 18.4 Å². The summed E-state index contributed by atoms with van der Waals surface area (Å²) in [6.07, 6.45) is 7.03. The van der Waals surface area contributed by atoms with Crippen molar-refractivity contribution >= 4 is 16.0 Å². The van der Waals surface area contributed by atoms with Gasteiger partial charge in [0.05, 0.1) is 5.75 Å². The summed E-state index contributed by atoms with van der Waals surface area (Å²) in [6.45, 7) is -0.441. The molecule has 0 amide bonds. The number of carboxylic acids is 1. The van der Waals surface area contributed by atoms with Crippen LogP contribution in [0.4, 0.5) is 0 Å². The van der Waals surface area contributed by atoms with E-state index in [0.717, 1.165) is 31.2 Å². The third-order valence-corrected chi connectivity index (χ3v) is 5.64. The molecule has 0 spiro atoms. The zero-order valence-corrected chi connectivity index (χ0v) is 12.6. The minimum Gasteiger partial charge on any atom is -0.480 e. The van der Waals surface area contributed by atoms with Gasteiger partial charge in [-0.25, -0.2) is 8.42 Å². The van der Waals surface area contributed by atoms with E-state index in [0.29, 0.717) is 6.42 Å². The van der Waals surface area contributed by atoms with Crippen molar-refractivity contribution in [1.82, 2.24) is 9.29 Å². The Morgan fingerprint density at radius 3 is 2.48 bits per heavy atom. The van der Waals surface area contributed by atoms with E-state index >= 15 is 0 Å². The number of aromatic nitrogens is 1. The number of sulfonamides is 1. The summed E-state index contributed by atoms with van der Waals surface area (Å²) < 4.78 is 26.1. The second-order valence-electron chi connectivity index (χ2n) is 5.30. The molecule has 1 saturated carbocycles. The maximum Gasteiger partial charge on any atom is 0.318 e. The van der Waals surface area contributed by atoms with Gasteiger partial charge in [-0.05, 0) is 37.0 Å². The van der Waals surface area contributed by atoms with Gasteiger partial charge in [-0.1, -0.05) is 12.8 Å². The molecule has 21 heavy (non-hydrogen) atoms. The van der Waals surface area contributed by atoms with Crippen LogP contribution in [0.2, 0.25) is 0 Å². The van der Waals surface area contributed by atoms with Gasteiger partial charge in [-0.2, -0.15) is 4.31 Å². The fraction of sp³-hybridized carbons (Fsp3) is 0.571. The first-order chi connectivity index (χ1) is 9.99. The molecule has 1 aromatic heterocycles. The van der Waals surface area contributed by atoms with E-state index in [1.165, 1.54) is 4.31 Å². The molecular weight excluding hydrogens is 292 g/mol. The van der Waals surface area contributed by atoms with Crippen molar-refractivity contribution in [3.63, 3.8) is 0 Å². The van der Waals surface area contributed by atoms with Crippen LogP contribution >= 0.6 is 0 Å². The first-order valence-corrected chi connectivity index (χ1v) is 8.70. The SMILES string of the molecule is O=C(O)CN(C1CCCC1)S(=O)(=O)CCc1ccncc1. The second-order valence-corrected chi connectivity index (χ2v) is 7.34. The summed E-state index contributed by atoms with van der Waals surface area (Å²) >= 11 is 0. The number of aryl methyl sites for hydroxylation is 1. The lowest BCUT2D eigenvalue weighted by atomic mass is 10.2. The van der Waals surface area contributed by atoms with Crippen LogP contribution in [-0.4, -0.2) is 47.1 Å². The summed E-state index contributed by atoms with van der Waals surface area (Å²) in [5.74, 6) is -1.17. The van der Waals surface area contributed by atoms with Crippen molar-refractivity contribution in [2.24, 2.45) is 0 Å². The smallest absolute Gasteiger partial charge is 0.318 e. The maximum absolute atomic E-state index is 12.5. The van der Waals surface area contributed by atoms with Gasteiger partial charge in [0.1, 0.15) is 6.54 Å². The molecule has 1 heterocycles. The Balaban J connectivity index is 2.07. The molecule has 1 aromatic rings. The largest absolute Gasteiger partial charge is 0.480 e. The average molecular weight is 312 g/mol. The van der Waals surface area contributed by atoms with Gasteiger partial charge in [0.15, 0.2) is 0 Å². The highest BCUT2D eigenvalue weighted by Gasteiger charge is 2.33. The van der Waals surface area contributed by atoms with Crippen LogP contribution < -0.4 is 0 Å². The van der Waals surface area contributed by atoms with Crippen LogP contribution in [0.15, 0.2) is 24.5 Å². The predicted octanol–water partition coefficient (Wildman–Crippen LogP) is 1.28. The molecule has 1 aliphatic rings. The molecule has 0 aromatic carbocycles. The number of carbonyl (C=O) groups is 1. The van der Waals surface area contributed by atoms with E-state index < -0.39 is 22.5 Å². The molecule has 7 heteroatoms. The summed E-state index contributed by atoms with van der Waals surface area (Å²) in [7, 11) is -3.57. The molecule has 116 valence electrons. The first-order valence-electron chi connectivity index (χ1n) is 7.09. The predicted molar refractivity (Wildman–Crippen MR) is 78.3 cm³/mol. The minimum atomic E-state index is -3.57. The van der Waals surface area contributed by atoms with Crippen LogP contribution in [-0.2, 0) is 21.2 Å². The van der Waals surface area contributed by atoms with E-state index in [-0.39, 0.29) is 11.8 Å². The molecule has 1 N–H and O–H groups in total. The van der Waals surface area contributed by atoms with E-state index in [2.05, 4.69) is 4.98 Å². The Bertz CT molecular complexity index is 568. The monoisotopic (exact) mass is 312 g/mol. The lowest BCUT2D eigenvalue weighted by Gasteiger charge is -2.26. The molecule has 0 saturated heterocycles. The number of nitrogens with zero attached hydrogens (tertiary/aromatic N) is 2. The van der Waals surface area contributed by atoms with Crippen LogP contribution in [0.3, 0.4) is 0 Å². The topological polar surface area (TPSA) is 87.6 Å². The molecule has 2 rings (SSSR count). The Morgan fingerprint density at radius 2 is 1.90 bits per heavy atom. The van der Waals surface area contributed by atoms with Crippen LogP contribution in [0, 0.1) is 0 Å². The molecule has 0 unspecified atom stereocenters. The van der Waals surface area contributed by atoms with E-state index in [1.807, 2.05) is 0 Å². The number of aliphatic carboxylic acids is 1. The normalized spacial score (nSPS) is 16.4. The van der Waals surface area contributed by atoms with Crippen molar-refractivity contribution in [1.29, 1.82) is 0 Å². The average Bonchev–Trinajstić information content (AvgIpc) is 2.97. The molecular formula is C14H20N2O4S. The van der Waals surface area contributed by atoms with E-state index in [9.17, 15) is 13.2 Å². The molecule has 1 aliphatic carbocycles. The molecule has 0 radical (unpaired) electrons. The standard InChI is InChI=1S/C14H20N2O4S/c17-14(18)11-16(13-3-1-2-4-13)21(19,20)10-7-12-5-8-15-9-6-12/h5-6,8-9,13H,1-4,7,10-11H2,(H,17,18). The number of pyridine rings is 1. The van der Waals surface area contributed by atoms with Crippen molar-refractivity contribution in [3.05, 3.63) is 30.1 Å². The van der Waals surface area contributed by atoms with Crippen LogP contribution in [0.1, 0.15) is 31.2 Å². The van der Waals surface area contributed by atoms with E-state index in [4.69, 9.17) is 5.11 Å². The summed E-state index contributed by atoms with van der Waals surface area (Å²) in [6, 6.07) is 3.38. The van der Waals surface area contributed by atoms with Gasteiger partial charge >= 0.3 is 5.97 Å². The number of hydrogen-bond acceptors (Lipinski definition) is 4. The van der Waals surface area contributed by atoms with Gasteiger partial charge in [-0.3, -0.25) is 9.78 Å². The van der Waals surface area contributed by atoms with Gasteiger partial charge in [-0.15, -0.1) is 0 Å². The molecule has 1 fully saturated rings. The first kappa shape index (κ1) is 15.9. The second kappa shape index (κ2) is 7.00. The molecule has 0 aliphatic heterocycles. The number of hydrogen-bond donors (Lipinski definition) is 1. The summed E-state index contributed by atoms with van der Waals surface area (Å²) in [4.78, 5) is 14.9. The van der Waals surface area contributed by atoms with Crippen LogP contribution in [0.25, 0.3) is 0 Å². The maximum atomic E-state index is 12.5. The third-order valence-electron chi connectivity index (χ3n) is 3.78. The lowest BCUT2D eigenvalue weighted by molar-refractivity contribution is -0.137. The van der Waals surface area contributed by atoms with Crippen molar-refractivity contribution < 1.29 is 18.3 Å². The van der Waals surface area contributed by atoms with Gasteiger partial charge < -0.3 is 5.11 Å². The Kier molecular flexibility index (Phi) is 5.30. The fourth-order valence-corrected chi connectivity index (χ4v) is 4.39. The lowest BCUT2D eigenvalue weighted by Crippen LogP contribution is -2.43. The van der Waals surface area contributed by atoms with Crippen molar-refractivity contribution in [3.8, 4) is 0 Å². The van der Waals surface area contributed by atoms with Gasteiger partial charge in [0.2, 0.25) is 10.0 Å². The zero-order chi connectivity index (χ0) is 15.3. The highest BCUT2D eigenvalue weighted by Crippen LogP contribution is 2.26. The summed E-state index contributed by atoms with van der Waals surface area (Å²) in [5.41, 5.74) is 0.885. The number of rotatable bonds is 7. The highest BCUT2D eigenvalue weighted by molar-refractivity contribution is 7.89. The highest BCUT2D eigenvalue weighted by atomic mass is 32.2. The number of carboxylic acid groups (broad SMARTS) is 1. The van der Waals surface area contributed by atoms with Gasteiger partial charge in [0.25, 0.3) is 0 Å². The zero-order valence-electron chi connectivity index (χ0n) is 11.8. The quantitative estimate of drug-likeness (QED) is 0.819. The van der Waals surface area contributed by atoms with Crippen molar-refractivity contribution in [2.45, 2.75) is 38.1 Å². The minimum absolute atomic E-state index is 0.0687. The molecule has 0 bridgehead atoms. The Hall–Kier alpha value is -1.47.